The van der Waals surface area contributed by atoms with Gasteiger partial charge in [-0.3, -0.25) is 4.90 Å². The number of aliphatic carboxylic acids is 1. The average molecular weight is 292 g/mol. The molecule has 0 spiro atoms. The average Bonchev–Trinajstić information content (AvgIpc) is 2.34. The van der Waals surface area contributed by atoms with Gasteiger partial charge in [-0.15, -0.1) is 0 Å². The molecular formula is C15H20N2O4. The first-order chi connectivity index (χ1) is 9.67. The number of carboxylic acid groups (broad SMARTS) is 1. The predicted octanol–water partition coefficient (Wildman–Crippen LogP) is 2.02. The molecule has 3 N–H and O–H groups in total. The first-order valence-corrected chi connectivity index (χ1v) is 6.77. The number of carbonyl (C=O) groups is 2. The summed E-state index contributed by atoms with van der Waals surface area (Å²) in [4.78, 5) is 24.9. The number of rotatable bonds is 1. The second-order valence-electron chi connectivity index (χ2n) is 6.19. The Bertz CT molecular complexity index is 578. The van der Waals surface area contributed by atoms with Crippen molar-refractivity contribution in [3.63, 3.8) is 0 Å². The van der Waals surface area contributed by atoms with Crippen LogP contribution in [0.1, 0.15) is 31.9 Å². The summed E-state index contributed by atoms with van der Waals surface area (Å²) in [5, 5.41) is 9.36. The number of carbonyl (C=O) groups excluding carboxylic acids is 1. The van der Waals surface area contributed by atoms with Crippen molar-refractivity contribution in [2.75, 3.05) is 5.73 Å². The van der Waals surface area contributed by atoms with E-state index in [2.05, 4.69) is 0 Å². The van der Waals surface area contributed by atoms with Crippen molar-refractivity contribution in [2.45, 2.75) is 45.4 Å². The van der Waals surface area contributed by atoms with Crippen LogP contribution in [0.3, 0.4) is 0 Å². The third kappa shape index (κ3) is 3.45. The fourth-order valence-corrected chi connectivity index (χ4v) is 2.34. The smallest absolute Gasteiger partial charge is 0.411 e. The van der Waals surface area contributed by atoms with Crippen LogP contribution in [0, 0.1) is 0 Å². The molecule has 6 heteroatoms. The van der Waals surface area contributed by atoms with Gasteiger partial charge in [-0.2, -0.15) is 0 Å². The number of nitrogens with zero attached hydrogens (tertiary/aromatic N) is 1. The summed E-state index contributed by atoms with van der Waals surface area (Å²) in [6, 6.07) is 4.40. The van der Waals surface area contributed by atoms with Gasteiger partial charge < -0.3 is 15.6 Å². The second kappa shape index (κ2) is 5.27. The van der Waals surface area contributed by atoms with Crippen LogP contribution in [0.2, 0.25) is 0 Å². The van der Waals surface area contributed by atoms with Crippen LogP contribution in [0.4, 0.5) is 10.5 Å². The number of amides is 1. The van der Waals surface area contributed by atoms with E-state index in [1.54, 1.807) is 32.9 Å². The monoisotopic (exact) mass is 292 g/mol. The highest BCUT2D eigenvalue weighted by molar-refractivity contribution is 5.81. The molecule has 1 unspecified atom stereocenters. The third-order valence-electron chi connectivity index (χ3n) is 3.27. The maximum absolute atomic E-state index is 12.2. The van der Waals surface area contributed by atoms with Crippen LogP contribution in [0.25, 0.3) is 0 Å². The molecule has 0 saturated heterocycles. The lowest BCUT2D eigenvalue weighted by Crippen LogP contribution is -2.50. The second-order valence-corrected chi connectivity index (χ2v) is 6.19. The number of benzene rings is 1. The quantitative estimate of drug-likeness (QED) is 0.772. The van der Waals surface area contributed by atoms with E-state index in [1.165, 1.54) is 4.90 Å². The summed E-state index contributed by atoms with van der Waals surface area (Å²) < 4.78 is 5.30. The van der Waals surface area contributed by atoms with Crippen molar-refractivity contribution in [3.8, 4) is 0 Å². The summed E-state index contributed by atoms with van der Waals surface area (Å²) in [7, 11) is 0. The lowest BCUT2D eigenvalue weighted by atomic mass is 9.94. The number of ether oxygens (including phenoxy) is 1. The van der Waals surface area contributed by atoms with Gasteiger partial charge in [0, 0.05) is 12.1 Å². The third-order valence-corrected chi connectivity index (χ3v) is 3.27. The molecule has 21 heavy (non-hydrogen) atoms. The Kier molecular flexibility index (Phi) is 3.80. The topological polar surface area (TPSA) is 92.9 Å². The van der Waals surface area contributed by atoms with Gasteiger partial charge in [-0.05, 0) is 44.0 Å². The maximum atomic E-state index is 12.2. The first-order valence-electron chi connectivity index (χ1n) is 6.77. The Labute approximate surface area is 123 Å². The highest BCUT2D eigenvalue weighted by Gasteiger charge is 2.36. The van der Waals surface area contributed by atoms with Gasteiger partial charge in [0.25, 0.3) is 0 Å². The molecule has 0 aromatic heterocycles. The SMILES string of the molecule is CC(C)(C)OC(=O)N1Cc2cc(N)ccc2CC1C(=O)O. The van der Waals surface area contributed by atoms with Gasteiger partial charge in [0.2, 0.25) is 0 Å². The Morgan fingerprint density at radius 1 is 1.33 bits per heavy atom. The zero-order valence-corrected chi connectivity index (χ0v) is 12.4. The number of anilines is 1. The molecule has 1 amide bonds. The number of hydrogen-bond donors (Lipinski definition) is 2. The molecule has 1 atom stereocenters. The molecule has 0 aliphatic carbocycles. The largest absolute Gasteiger partial charge is 0.480 e. The standard InChI is InChI=1S/C15H20N2O4/c1-15(2,3)21-14(20)17-8-10-6-11(16)5-4-9(10)7-12(17)13(18)19/h4-6,12H,7-8,16H2,1-3H3,(H,18,19). The van der Waals surface area contributed by atoms with E-state index < -0.39 is 23.7 Å². The summed E-state index contributed by atoms with van der Waals surface area (Å²) in [6.07, 6.45) is -0.368. The summed E-state index contributed by atoms with van der Waals surface area (Å²) in [5.41, 5.74) is 7.43. The van der Waals surface area contributed by atoms with Gasteiger partial charge in [0.15, 0.2) is 0 Å². The molecular weight excluding hydrogens is 272 g/mol. The Morgan fingerprint density at radius 3 is 2.57 bits per heavy atom. The lowest BCUT2D eigenvalue weighted by molar-refractivity contribution is -0.143. The van der Waals surface area contributed by atoms with E-state index in [0.29, 0.717) is 5.69 Å². The Morgan fingerprint density at radius 2 is 2.00 bits per heavy atom. The number of carboxylic acids is 1. The summed E-state index contributed by atoms with van der Waals surface area (Å²) in [5.74, 6) is -1.04. The van der Waals surface area contributed by atoms with Crippen molar-refractivity contribution >= 4 is 17.7 Å². The molecule has 1 aromatic carbocycles. The number of nitrogen functional groups attached to an aromatic ring is 1. The van der Waals surface area contributed by atoms with Gasteiger partial charge in [-0.25, -0.2) is 9.59 Å². The minimum Gasteiger partial charge on any atom is -0.480 e. The van der Waals surface area contributed by atoms with Crippen LogP contribution in [0.5, 0.6) is 0 Å². The van der Waals surface area contributed by atoms with Gasteiger partial charge in [0.05, 0.1) is 6.54 Å². The molecule has 0 bridgehead atoms. The lowest BCUT2D eigenvalue weighted by Gasteiger charge is -2.35. The Balaban J connectivity index is 2.30. The van der Waals surface area contributed by atoms with Crippen LogP contribution >= 0.6 is 0 Å². The fraction of sp³-hybridized carbons (Fsp3) is 0.467. The van der Waals surface area contributed by atoms with Crippen LogP contribution in [0.15, 0.2) is 18.2 Å². The van der Waals surface area contributed by atoms with Gasteiger partial charge in [-0.1, -0.05) is 6.07 Å². The molecule has 1 aliphatic rings. The van der Waals surface area contributed by atoms with Gasteiger partial charge in [0.1, 0.15) is 11.6 Å². The molecule has 0 fully saturated rings. The van der Waals surface area contributed by atoms with E-state index in [1.807, 2.05) is 6.07 Å². The number of nitrogens with two attached hydrogens (primary N) is 1. The number of fused-ring (bicyclic) bond motifs is 1. The summed E-state index contributed by atoms with van der Waals surface area (Å²) in [6.45, 7) is 5.43. The molecule has 1 aliphatic heterocycles. The van der Waals surface area contributed by atoms with Crippen LogP contribution < -0.4 is 5.73 Å². The minimum atomic E-state index is -1.04. The van der Waals surface area contributed by atoms with Crippen molar-refractivity contribution in [2.24, 2.45) is 0 Å². The van der Waals surface area contributed by atoms with E-state index in [9.17, 15) is 14.7 Å². The number of hydrogen-bond acceptors (Lipinski definition) is 4. The van der Waals surface area contributed by atoms with Gasteiger partial charge >= 0.3 is 12.1 Å². The molecule has 6 nitrogen and oxygen atoms in total. The molecule has 2 rings (SSSR count). The van der Waals surface area contributed by atoms with Crippen molar-refractivity contribution in [1.29, 1.82) is 0 Å². The minimum absolute atomic E-state index is 0.187. The van der Waals surface area contributed by atoms with Crippen molar-refractivity contribution in [1.82, 2.24) is 4.90 Å². The maximum Gasteiger partial charge on any atom is 0.411 e. The normalized spacial score (nSPS) is 18.0. The Hall–Kier alpha value is -2.24. The van der Waals surface area contributed by atoms with Crippen LogP contribution in [-0.2, 0) is 22.5 Å². The van der Waals surface area contributed by atoms with E-state index in [4.69, 9.17) is 10.5 Å². The van der Waals surface area contributed by atoms with Crippen LogP contribution in [-0.4, -0.2) is 33.7 Å². The fourth-order valence-electron chi connectivity index (χ4n) is 2.34. The molecule has 1 heterocycles. The molecule has 0 radical (unpaired) electrons. The van der Waals surface area contributed by atoms with E-state index in [-0.39, 0.29) is 13.0 Å². The van der Waals surface area contributed by atoms with Crippen molar-refractivity contribution in [3.05, 3.63) is 29.3 Å². The zero-order valence-electron chi connectivity index (χ0n) is 12.4. The molecule has 0 saturated carbocycles. The van der Waals surface area contributed by atoms with E-state index >= 15 is 0 Å². The molecule has 114 valence electrons. The van der Waals surface area contributed by atoms with Crippen molar-refractivity contribution < 1.29 is 19.4 Å². The highest BCUT2D eigenvalue weighted by atomic mass is 16.6. The zero-order chi connectivity index (χ0) is 15.8. The molecule has 1 aromatic rings. The predicted molar refractivity (Wildman–Crippen MR) is 77.8 cm³/mol. The summed E-state index contributed by atoms with van der Waals surface area (Å²) >= 11 is 0. The highest BCUT2D eigenvalue weighted by Crippen LogP contribution is 2.27. The first kappa shape index (κ1) is 15.2. The van der Waals surface area contributed by atoms with E-state index in [0.717, 1.165) is 11.1 Å².